The first-order valence-corrected chi connectivity index (χ1v) is 4.77. The minimum Gasteiger partial charge on any atom is -0.385 e. The zero-order valence-corrected chi connectivity index (χ0v) is 8.78. The fraction of sp³-hybridized carbons (Fsp3) is 0.300. The predicted molar refractivity (Wildman–Crippen MR) is 56.4 cm³/mol. The first kappa shape index (κ1) is 9.49. The van der Waals surface area contributed by atoms with Gasteiger partial charge >= 0.3 is 0 Å². The number of imidazole rings is 1. The topological polar surface area (TPSA) is 38.1 Å². The molecule has 0 saturated carbocycles. The summed E-state index contributed by atoms with van der Waals surface area (Å²) in [6.45, 7) is 1.70. The fourth-order valence-corrected chi connectivity index (χ4v) is 1.72. The number of benzene rings is 1. The quantitative estimate of drug-likeness (QED) is 0.784. The molecular weight excluding hydrogens is 200 g/mol. The molecule has 1 N–H and O–H groups in total. The van der Waals surface area contributed by atoms with Gasteiger partial charge in [0.25, 0.3) is 0 Å². The summed E-state index contributed by atoms with van der Waals surface area (Å²) >= 11 is 5.88. The number of aliphatic hydroxyl groups is 1. The number of fused-ring (bicyclic) bond motifs is 1. The van der Waals surface area contributed by atoms with Crippen molar-refractivity contribution in [2.24, 2.45) is 7.05 Å². The van der Waals surface area contributed by atoms with E-state index in [4.69, 9.17) is 11.6 Å². The maximum absolute atomic E-state index is 9.46. The first-order chi connectivity index (χ1) is 6.59. The molecule has 1 aromatic carbocycles. The summed E-state index contributed by atoms with van der Waals surface area (Å²) in [6.07, 6.45) is -0.564. The van der Waals surface area contributed by atoms with Crippen molar-refractivity contribution < 1.29 is 5.11 Å². The van der Waals surface area contributed by atoms with Crippen LogP contribution >= 0.6 is 11.6 Å². The van der Waals surface area contributed by atoms with E-state index in [1.54, 1.807) is 13.0 Å². The number of aliphatic hydroxyl groups excluding tert-OH is 1. The Bertz CT molecular complexity index is 476. The molecule has 0 amide bonds. The number of halogens is 1. The van der Waals surface area contributed by atoms with Gasteiger partial charge in [-0.1, -0.05) is 11.6 Å². The van der Waals surface area contributed by atoms with Gasteiger partial charge in [0, 0.05) is 12.1 Å². The van der Waals surface area contributed by atoms with Crippen molar-refractivity contribution in [2.75, 3.05) is 0 Å². The molecule has 1 unspecified atom stereocenters. The molecule has 74 valence electrons. The smallest absolute Gasteiger partial charge is 0.138 e. The van der Waals surface area contributed by atoms with Gasteiger partial charge in [-0.15, -0.1) is 0 Å². The zero-order chi connectivity index (χ0) is 10.3. The molecule has 1 aromatic heterocycles. The molecule has 0 aliphatic rings. The minimum absolute atomic E-state index is 0.564. The third kappa shape index (κ3) is 1.38. The third-order valence-corrected chi connectivity index (χ3v) is 2.49. The fourth-order valence-electron chi connectivity index (χ4n) is 1.56. The Balaban J connectivity index is 2.74. The highest BCUT2D eigenvalue weighted by Crippen LogP contribution is 2.22. The Labute approximate surface area is 86.9 Å². The number of hydrogen-bond acceptors (Lipinski definition) is 2. The van der Waals surface area contributed by atoms with Gasteiger partial charge < -0.3 is 9.67 Å². The van der Waals surface area contributed by atoms with Gasteiger partial charge in [0.15, 0.2) is 0 Å². The number of nitrogens with zero attached hydrogens (tertiary/aromatic N) is 2. The summed E-state index contributed by atoms with van der Waals surface area (Å²) in [7, 11) is 1.87. The lowest BCUT2D eigenvalue weighted by Crippen LogP contribution is -2.01. The monoisotopic (exact) mass is 210 g/mol. The number of aromatic nitrogens is 2. The summed E-state index contributed by atoms with van der Waals surface area (Å²) in [4.78, 5) is 4.31. The second-order valence-electron chi connectivity index (χ2n) is 3.34. The lowest BCUT2D eigenvalue weighted by molar-refractivity contribution is 0.186. The third-order valence-electron chi connectivity index (χ3n) is 2.25. The van der Waals surface area contributed by atoms with E-state index in [9.17, 15) is 5.11 Å². The summed E-state index contributed by atoms with van der Waals surface area (Å²) in [5, 5.41) is 10.1. The average molecular weight is 211 g/mol. The number of rotatable bonds is 1. The van der Waals surface area contributed by atoms with Gasteiger partial charge in [0.05, 0.1) is 11.0 Å². The Morgan fingerprint density at radius 1 is 1.50 bits per heavy atom. The van der Waals surface area contributed by atoms with E-state index >= 15 is 0 Å². The molecule has 0 fully saturated rings. The van der Waals surface area contributed by atoms with E-state index in [1.807, 2.05) is 23.7 Å². The highest BCUT2D eigenvalue weighted by molar-refractivity contribution is 6.31. The van der Waals surface area contributed by atoms with E-state index in [0.717, 1.165) is 11.0 Å². The van der Waals surface area contributed by atoms with Crippen molar-refractivity contribution in [3.8, 4) is 0 Å². The highest BCUT2D eigenvalue weighted by atomic mass is 35.5. The van der Waals surface area contributed by atoms with Crippen LogP contribution in [0.3, 0.4) is 0 Å². The maximum Gasteiger partial charge on any atom is 0.138 e. The van der Waals surface area contributed by atoms with Crippen molar-refractivity contribution in [2.45, 2.75) is 13.0 Å². The van der Waals surface area contributed by atoms with Crippen molar-refractivity contribution in [3.05, 3.63) is 29.0 Å². The van der Waals surface area contributed by atoms with Crippen molar-refractivity contribution >= 4 is 22.6 Å². The van der Waals surface area contributed by atoms with Crippen molar-refractivity contribution in [1.82, 2.24) is 9.55 Å². The van der Waals surface area contributed by atoms with Crippen LogP contribution in [0.1, 0.15) is 18.9 Å². The van der Waals surface area contributed by atoms with Crippen LogP contribution in [-0.4, -0.2) is 14.7 Å². The summed E-state index contributed by atoms with van der Waals surface area (Å²) < 4.78 is 1.85. The lowest BCUT2D eigenvalue weighted by Gasteiger charge is -2.03. The second-order valence-corrected chi connectivity index (χ2v) is 3.77. The summed E-state index contributed by atoms with van der Waals surface area (Å²) in [6, 6.07) is 5.49. The van der Waals surface area contributed by atoms with Crippen LogP contribution in [0, 0.1) is 0 Å². The molecule has 0 bridgehead atoms. The highest BCUT2D eigenvalue weighted by Gasteiger charge is 2.11. The van der Waals surface area contributed by atoms with E-state index in [-0.39, 0.29) is 0 Å². The van der Waals surface area contributed by atoms with Crippen LogP contribution in [0.5, 0.6) is 0 Å². The van der Waals surface area contributed by atoms with Gasteiger partial charge in [-0.05, 0) is 25.1 Å². The molecule has 3 nitrogen and oxygen atoms in total. The maximum atomic E-state index is 9.46. The van der Waals surface area contributed by atoms with Crippen LogP contribution in [-0.2, 0) is 7.05 Å². The van der Waals surface area contributed by atoms with Crippen LogP contribution in [0.2, 0.25) is 5.02 Å². The van der Waals surface area contributed by atoms with E-state index < -0.39 is 6.10 Å². The molecule has 14 heavy (non-hydrogen) atoms. The van der Waals surface area contributed by atoms with Crippen molar-refractivity contribution in [3.63, 3.8) is 0 Å². The SMILES string of the molecule is CC(O)c1nc2ccc(Cl)cc2n1C. The first-order valence-electron chi connectivity index (χ1n) is 4.39. The van der Waals surface area contributed by atoms with Gasteiger partial charge in [-0.3, -0.25) is 0 Å². The van der Waals surface area contributed by atoms with Gasteiger partial charge in [0.2, 0.25) is 0 Å². The molecule has 0 spiro atoms. The molecular formula is C10H11ClN2O. The number of aryl methyl sites for hydroxylation is 1. The van der Waals surface area contributed by atoms with Crippen LogP contribution < -0.4 is 0 Å². The largest absolute Gasteiger partial charge is 0.385 e. The van der Waals surface area contributed by atoms with E-state index in [0.29, 0.717) is 10.8 Å². The Morgan fingerprint density at radius 3 is 2.86 bits per heavy atom. The van der Waals surface area contributed by atoms with E-state index in [1.165, 1.54) is 0 Å². The molecule has 2 aromatic rings. The zero-order valence-electron chi connectivity index (χ0n) is 8.03. The molecule has 0 saturated heterocycles. The molecule has 1 atom stereocenters. The van der Waals surface area contributed by atoms with Crippen LogP contribution in [0.4, 0.5) is 0 Å². The van der Waals surface area contributed by atoms with Crippen LogP contribution in [0.15, 0.2) is 18.2 Å². The molecule has 4 heteroatoms. The minimum atomic E-state index is -0.564. The van der Waals surface area contributed by atoms with Gasteiger partial charge in [-0.25, -0.2) is 4.98 Å². The Morgan fingerprint density at radius 2 is 2.21 bits per heavy atom. The lowest BCUT2D eigenvalue weighted by atomic mass is 10.3. The summed E-state index contributed by atoms with van der Waals surface area (Å²) in [5.74, 6) is 0.655. The van der Waals surface area contributed by atoms with Gasteiger partial charge in [0.1, 0.15) is 11.9 Å². The normalized spacial score (nSPS) is 13.4. The van der Waals surface area contributed by atoms with Crippen LogP contribution in [0.25, 0.3) is 11.0 Å². The molecule has 0 aliphatic heterocycles. The predicted octanol–water partition coefficient (Wildman–Crippen LogP) is 2.28. The van der Waals surface area contributed by atoms with E-state index in [2.05, 4.69) is 4.98 Å². The molecule has 1 heterocycles. The molecule has 0 radical (unpaired) electrons. The standard InChI is InChI=1S/C10H11ClN2O/c1-6(14)10-12-8-4-3-7(11)5-9(8)13(10)2/h3-6,14H,1-2H3. The number of hydrogen-bond donors (Lipinski definition) is 1. The Hall–Kier alpha value is -1.06. The summed E-state index contributed by atoms with van der Waals surface area (Å²) in [5.41, 5.74) is 1.79. The Kier molecular flexibility index (Phi) is 2.21. The molecule has 2 rings (SSSR count). The molecule has 0 aliphatic carbocycles. The second kappa shape index (κ2) is 3.26. The van der Waals surface area contributed by atoms with Gasteiger partial charge in [-0.2, -0.15) is 0 Å². The van der Waals surface area contributed by atoms with Crippen molar-refractivity contribution in [1.29, 1.82) is 0 Å². The average Bonchev–Trinajstić information content (AvgIpc) is 2.44.